The number of rotatable bonds is 37. The minimum absolute atomic E-state index is 0. The molecule has 9 heterocycles. The second kappa shape index (κ2) is 43.3. The zero-order valence-electron chi connectivity index (χ0n) is 77.8. The number of aliphatic hydroxyl groups excluding tert-OH is 2. The minimum atomic E-state index is -5.32. The SMILES string of the molecule is C/C1=C2/[N-][C@H]([C@H](CC(N)=O)[C@@]2(C)CCC(=O)NC[C@@H](C)OP(=O)([O-])O[C@H]2[C@@H](O)[C@@H](n3cnc4cc(C)c(C)cc43)O[C@@H]2CO)[C@]2(C)N=C(/C(C)=C3N=C(/C=C4N=C1[C@@H](CCC(N)=O)C\4(C)C)[C@@H](CCC(N)=O)[C@]\3(C)CC(N)=O)[C@@H](CCC(N)=O)[C@]2(C)CC(N)=O.CN1c2c(nc(N)[nH]c2=O)NCC1CNc1ccc(C(=O)N[C@@H](CCC(=O)O)C(=O)O)cc1.C[N+](C)(C)CC(=O)[O-].[CH3-].[Co+3]. The van der Waals surface area contributed by atoms with Gasteiger partial charge >= 0.3 is 28.7 Å². The van der Waals surface area contributed by atoms with E-state index in [4.69, 9.17) is 79.3 Å². The number of nitrogen functional groups attached to an aromatic ring is 1. The van der Waals surface area contributed by atoms with E-state index in [9.17, 15) is 87.4 Å². The Morgan fingerprint density at radius 2 is 1.40 bits per heavy atom. The quantitative estimate of drug-likeness (QED) is 0.0174. The summed E-state index contributed by atoms with van der Waals surface area (Å²) in [6.45, 7) is 20.0. The number of ether oxygens (including phenoxy) is 1. The molecule has 2 saturated heterocycles. The number of nitrogens with one attached hydrogen (secondary N) is 5. The van der Waals surface area contributed by atoms with Crippen molar-refractivity contribution < 1.29 is 123 Å². The largest absolute Gasteiger partial charge is 3.00 e. The van der Waals surface area contributed by atoms with Crippen LogP contribution in [0.2, 0.25) is 0 Å². The smallest absolute Gasteiger partial charge is 0.756 e. The number of aliphatic imine (C=N–C) groups is 3. The number of aromatic nitrogens is 4. The van der Waals surface area contributed by atoms with E-state index in [2.05, 4.69) is 36.2 Å². The van der Waals surface area contributed by atoms with E-state index < -0.39 is 173 Å². The van der Waals surface area contributed by atoms with Gasteiger partial charge in [0, 0.05) is 146 Å². The number of benzene rings is 2. The van der Waals surface area contributed by atoms with Gasteiger partial charge < -0.3 is 137 Å². The first kappa shape index (κ1) is 109. The van der Waals surface area contributed by atoms with Gasteiger partial charge in [0.25, 0.3) is 19.3 Å². The van der Waals surface area contributed by atoms with Crippen LogP contribution in [0, 0.1) is 66.6 Å². The van der Waals surface area contributed by atoms with Gasteiger partial charge in [-0.2, -0.15) is 10.7 Å². The third kappa shape index (κ3) is 24.8. The van der Waals surface area contributed by atoms with Crippen molar-refractivity contribution in [2.24, 2.45) is 94.7 Å². The molecule has 2 aromatic heterocycles. The van der Waals surface area contributed by atoms with Crippen LogP contribution >= 0.6 is 7.82 Å². The number of carboxylic acids is 3. The van der Waals surface area contributed by atoms with Crippen molar-refractivity contribution in [1.29, 1.82) is 0 Å². The number of hydrogen-bond donors (Lipinski definition) is 16. The van der Waals surface area contributed by atoms with Crippen molar-refractivity contribution in [2.45, 2.75) is 214 Å². The summed E-state index contributed by atoms with van der Waals surface area (Å²) in [5.74, 6) is -11.0. The second-order valence-electron chi connectivity index (χ2n) is 37.4. The maximum absolute atomic E-state index is 14.4. The number of anilines is 4. The topological polar surface area (TPSA) is 708 Å². The zero-order valence-corrected chi connectivity index (χ0v) is 79.7. The van der Waals surface area contributed by atoms with Gasteiger partial charge in [0.05, 0.1) is 74.5 Å². The van der Waals surface area contributed by atoms with Crippen LogP contribution in [0.15, 0.2) is 96.8 Å². The van der Waals surface area contributed by atoms with Crippen molar-refractivity contribution in [1.82, 2.24) is 30.2 Å². The number of aliphatic hydroxyl groups is 2. The van der Waals surface area contributed by atoms with Crippen molar-refractivity contribution >= 4 is 124 Å². The number of quaternary nitrogens is 1. The molecule has 0 radical (unpaired) electrons. The van der Waals surface area contributed by atoms with Crippen LogP contribution in [0.1, 0.15) is 173 Å². The number of phosphoric acid groups is 1. The summed E-state index contributed by atoms with van der Waals surface area (Å²) < 4.78 is 32.3. The molecule has 7 aliphatic heterocycles. The summed E-state index contributed by atoms with van der Waals surface area (Å²) >= 11 is 0. The Balaban J connectivity index is 0.000000462. The number of likely N-dealkylation sites (N-methyl/N-ethyl adjacent to an activating group) is 2. The Labute approximate surface area is 781 Å². The molecule has 133 heavy (non-hydrogen) atoms. The number of phosphoric ester groups is 1. The summed E-state index contributed by atoms with van der Waals surface area (Å²) in [6.07, 6.45) is -5.37. The summed E-state index contributed by atoms with van der Waals surface area (Å²) in [6, 6.07) is 7.69. The Kier molecular flexibility index (Phi) is 35.4. The van der Waals surface area contributed by atoms with Gasteiger partial charge in [-0.15, -0.1) is 0 Å². The Morgan fingerprint density at radius 1 is 0.797 bits per heavy atom. The predicted octanol–water partition coefficient (Wildman–Crippen LogP) is 1.95. The number of allylic oxidation sites excluding steroid dienone is 6. The average Bonchev–Trinajstić information content (AvgIpc) is 1.52. The molecular formula is C88H127CoN21O22P. The Hall–Kier alpha value is -11.4. The monoisotopic (exact) mass is 1920 g/mol. The van der Waals surface area contributed by atoms with Gasteiger partial charge in [-0.1, -0.05) is 40.7 Å². The van der Waals surface area contributed by atoms with E-state index >= 15 is 0 Å². The molecule has 0 saturated carbocycles. The predicted molar refractivity (Wildman–Crippen MR) is 487 cm³/mol. The van der Waals surface area contributed by atoms with Gasteiger partial charge in [0.2, 0.25) is 47.3 Å². The van der Waals surface area contributed by atoms with Crippen molar-refractivity contribution in [3.05, 3.63) is 117 Å². The Morgan fingerprint density at radius 3 is 1.95 bits per heavy atom. The van der Waals surface area contributed by atoms with Crippen LogP contribution < -0.4 is 81.9 Å². The van der Waals surface area contributed by atoms with E-state index in [0.717, 1.165) is 16.8 Å². The molecule has 43 nitrogen and oxygen atoms in total. The number of carbonyl (C=O) groups is 11. The van der Waals surface area contributed by atoms with E-state index in [-0.39, 0.29) is 144 Å². The number of aryl methyl sites for hydroxylation is 2. The Bertz CT molecular complexity index is 5430. The third-order valence-electron chi connectivity index (χ3n) is 26.3. The molecule has 45 heteroatoms. The number of amides is 8. The van der Waals surface area contributed by atoms with Crippen LogP contribution in [0.5, 0.6) is 0 Å². The molecule has 11 rings (SSSR count). The number of fused-ring (bicyclic) bond motifs is 8. The fraction of sp³-hybridized carbons (Fsp3) is 0.568. The number of carboxylic acid groups (broad SMARTS) is 3. The molecule has 4 aromatic rings. The number of carbonyl (C=O) groups excluding carboxylic acids is 9. The number of hydrogen-bond acceptors (Lipinski definition) is 29. The van der Waals surface area contributed by atoms with Crippen molar-refractivity contribution in [3.63, 3.8) is 0 Å². The molecule has 0 aliphatic carbocycles. The first-order valence-corrected chi connectivity index (χ1v) is 44.5. The first-order chi connectivity index (χ1) is 60.9. The second-order valence-corrected chi connectivity index (χ2v) is 38.7. The van der Waals surface area contributed by atoms with Gasteiger partial charge in [-0.25, -0.2) is 9.78 Å². The van der Waals surface area contributed by atoms with Crippen LogP contribution in [-0.2, 0) is 83.1 Å². The van der Waals surface area contributed by atoms with E-state index in [1.165, 1.54) is 30.0 Å². The van der Waals surface area contributed by atoms with E-state index in [1.54, 1.807) is 47.2 Å². The zero-order chi connectivity index (χ0) is 97.6. The molecule has 2 aromatic carbocycles. The first-order valence-electron chi connectivity index (χ1n) is 43.0. The van der Waals surface area contributed by atoms with Gasteiger partial charge in [-0.3, -0.25) is 72.5 Å². The summed E-state index contributed by atoms with van der Waals surface area (Å²) in [7, 11) is 1.87. The number of nitrogens with two attached hydrogens (primary N) is 7. The normalized spacial score (nSPS) is 27.7. The molecule has 2 unspecified atom stereocenters. The molecular weight excluding hydrogens is 1790 g/mol. The number of primary amides is 6. The molecule has 0 spiro atoms. The van der Waals surface area contributed by atoms with Crippen LogP contribution in [-0.4, -0.2) is 236 Å². The number of H-pyrrole nitrogens is 1. The van der Waals surface area contributed by atoms with Crippen molar-refractivity contribution in [2.75, 3.05) is 82.2 Å². The molecule has 2 fully saturated rings. The molecule has 7 aliphatic rings. The standard InChI is InChI=1S/C62H90N13O14P.C20H25N7O6.C5H11NO2.CH3.Co/c1-29-20-39-40(21-30(29)2)75(28-70-39)57-52(84)53(41(27-76)87-57)89-90(85,86)88-31(3)26-69-49(83)18-19-59(8)37(22-46(66)80)56-62(11)61(10,25-48(68)82)36(14-17-45(65)79)51(74-62)33(5)55-60(9,24-47(67)81)34(12-15-43(63)77)38(71-55)23-42-58(6,7)35(13-16-44(64)78)50(72-42)32(4)54(59)73-56;1-27-12(9-23-16-15(27)18(31)26-20(21)25-16)8-22-11-4-2-10(3-5-11)17(30)24-13(19(32)33)6-7-14(28)29;1-6(2,3)4-5(7)8;;/h20-21,23,28,31,34-37,41,52-53,56-57,76,84H,12-19,22,24-27H2,1-11H3,(H15,63,64,65,66,67,68,69,71,72,73,74,77,78,79,80,81,82,83,85,86);2-5,12-13,22H,6-9H2,1H3,(H,24,30)(H,28,29)(H,32,33)(H4,21,23,25,26,31);4H2,1-3H3;1H3;/q;;;-1;+3/p-2/t31-,34-,35-,36-,37+,41-,52-,53-,56-,57+,59-,60+,61+,62+;12?,13-;;;/m10.../s1. The number of imidazole rings is 1. The minimum Gasteiger partial charge on any atom is -0.756 e. The third-order valence-corrected chi connectivity index (χ3v) is 27.5. The van der Waals surface area contributed by atoms with Gasteiger partial charge in [0.15, 0.2) is 12.0 Å². The van der Waals surface area contributed by atoms with Crippen LogP contribution in [0.25, 0.3) is 16.4 Å². The number of aromatic amines is 1. The van der Waals surface area contributed by atoms with Gasteiger partial charge in [-0.05, 0) is 150 Å². The van der Waals surface area contributed by atoms with Gasteiger partial charge in [0.1, 0.15) is 36.6 Å². The number of nitrogens with zero attached hydrogens (tertiary/aromatic N) is 9. The fourth-order valence-electron chi connectivity index (χ4n) is 19.1. The molecule has 730 valence electrons. The fourth-order valence-corrected chi connectivity index (χ4v) is 20.3. The molecule has 8 bridgehead atoms. The summed E-state index contributed by atoms with van der Waals surface area (Å²) in [5.41, 5.74) is 43.3. The summed E-state index contributed by atoms with van der Waals surface area (Å²) in [5, 5.41) is 66.6. The average molecular weight is 1920 g/mol. The number of aliphatic carboxylic acids is 3. The van der Waals surface area contributed by atoms with Crippen molar-refractivity contribution in [3.8, 4) is 0 Å². The summed E-state index contributed by atoms with van der Waals surface area (Å²) in [4.78, 5) is 193. The maximum atomic E-state index is 14.4. The van der Waals surface area contributed by atoms with E-state index in [0.29, 0.717) is 85.5 Å². The van der Waals surface area contributed by atoms with Crippen LogP contribution in [0.3, 0.4) is 0 Å². The van der Waals surface area contributed by atoms with E-state index in [1.807, 2.05) is 85.4 Å². The molecule has 17 atom stereocenters. The maximum Gasteiger partial charge on any atom is 3.00 e. The van der Waals surface area contributed by atoms with Crippen LogP contribution in [0.4, 0.5) is 23.1 Å². The molecule has 8 amide bonds. The molecule has 23 N–H and O–H groups in total.